The summed E-state index contributed by atoms with van der Waals surface area (Å²) >= 11 is 0. The predicted molar refractivity (Wildman–Crippen MR) is 92.8 cm³/mol. The first-order valence-electron chi connectivity index (χ1n) is 8.54. The lowest BCUT2D eigenvalue weighted by Crippen LogP contribution is -2.42. The fourth-order valence-corrected chi connectivity index (χ4v) is 3.41. The van der Waals surface area contributed by atoms with E-state index in [2.05, 4.69) is 6.58 Å². The van der Waals surface area contributed by atoms with E-state index in [4.69, 9.17) is 14.2 Å². The molecule has 2 bridgehead atoms. The van der Waals surface area contributed by atoms with E-state index in [1.165, 1.54) is 6.08 Å². The minimum Gasteiger partial charge on any atom is -0.479 e. The molecule has 26 heavy (non-hydrogen) atoms. The Balaban J connectivity index is 2.05. The quantitative estimate of drug-likeness (QED) is 0.558. The van der Waals surface area contributed by atoms with Gasteiger partial charge in [0.2, 0.25) is 5.78 Å². The van der Waals surface area contributed by atoms with E-state index in [-0.39, 0.29) is 17.8 Å². The molecular weight excluding hydrogens is 336 g/mol. The Morgan fingerprint density at radius 2 is 2.12 bits per heavy atom. The number of hydrogen-bond donors (Lipinski definition) is 0. The third-order valence-corrected chi connectivity index (χ3v) is 5.19. The third-order valence-electron chi connectivity index (χ3n) is 5.19. The fourth-order valence-electron chi connectivity index (χ4n) is 3.41. The highest BCUT2D eigenvalue weighted by Gasteiger charge is 2.51. The van der Waals surface area contributed by atoms with Crippen LogP contribution in [0.2, 0.25) is 0 Å². The van der Waals surface area contributed by atoms with Crippen LogP contribution in [0, 0.1) is 5.92 Å². The van der Waals surface area contributed by atoms with Crippen molar-refractivity contribution in [2.75, 3.05) is 0 Å². The molecule has 0 radical (unpaired) electrons. The maximum absolute atomic E-state index is 12.5. The Kier molecular flexibility index (Phi) is 4.38. The molecule has 1 fully saturated rings. The molecule has 1 unspecified atom stereocenters. The lowest BCUT2D eigenvalue weighted by atomic mass is 9.82. The monoisotopic (exact) mass is 358 g/mol. The van der Waals surface area contributed by atoms with E-state index >= 15 is 0 Å². The number of esters is 2. The van der Waals surface area contributed by atoms with Gasteiger partial charge in [0.1, 0.15) is 18.0 Å². The number of allylic oxidation sites excluding steroid dienone is 2. The van der Waals surface area contributed by atoms with E-state index < -0.39 is 35.7 Å². The normalized spacial score (nSPS) is 33.9. The average molecular weight is 358 g/mol. The molecule has 0 aromatic heterocycles. The summed E-state index contributed by atoms with van der Waals surface area (Å²) in [6.45, 7) is 10.6. The Morgan fingerprint density at radius 1 is 1.42 bits per heavy atom. The predicted octanol–water partition coefficient (Wildman–Crippen LogP) is 2.55. The van der Waals surface area contributed by atoms with Crippen molar-refractivity contribution in [2.24, 2.45) is 5.92 Å². The Bertz CT molecular complexity index is 799. The van der Waals surface area contributed by atoms with Gasteiger partial charge in [-0.2, -0.15) is 0 Å². The van der Waals surface area contributed by atoms with E-state index in [1.807, 2.05) is 0 Å². The van der Waals surface area contributed by atoms with Crippen molar-refractivity contribution in [3.05, 3.63) is 47.3 Å². The molecule has 0 aliphatic carbocycles. The highest BCUT2D eigenvalue weighted by molar-refractivity contribution is 6.00. The molecule has 3 aliphatic rings. The first-order chi connectivity index (χ1) is 12.2. The van der Waals surface area contributed by atoms with Crippen LogP contribution in [0.25, 0.3) is 0 Å². The first kappa shape index (κ1) is 18.2. The molecule has 3 rings (SSSR count). The highest BCUT2D eigenvalue weighted by atomic mass is 16.6. The SMILES string of the molecule is C=C1C(=O)O[C@H]2C=C(C)C3=CC(=O)[C@@](C)(C[C@@H](OC(=O)C(C)=CC)C12)O3. The number of fused-ring (bicyclic) bond motifs is 3. The third kappa shape index (κ3) is 2.89. The van der Waals surface area contributed by atoms with Gasteiger partial charge in [-0.3, -0.25) is 4.79 Å². The molecule has 1 saturated heterocycles. The second-order valence-electron chi connectivity index (χ2n) is 7.10. The smallest absolute Gasteiger partial charge is 0.334 e. The van der Waals surface area contributed by atoms with Gasteiger partial charge in [-0.15, -0.1) is 0 Å². The maximum atomic E-state index is 12.5. The van der Waals surface area contributed by atoms with Gasteiger partial charge in [-0.25, -0.2) is 9.59 Å². The van der Waals surface area contributed by atoms with Crippen molar-refractivity contribution in [1.82, 2.24) is 0 Å². The van der Waals surface area contributed by atoms with Crippen LogP contribution in [0.15, 0.2) is 47.3 Å². The van der Waals surface area contributed by atoms with Gasteiger partial charge in [0.15, 0.2) is 5.60 Å². The Hall–Kier alpha value is -2.63. The fraction of sp³-hybridized carbons (Fsp3) is 0.450. The second kappa shape index (κ2) is 6.27. The summed E-state index contributed by atoms with van der Waals surface area (Å²) in [5.41, 5.74) is 0.195. The first-order valence-corrected chi connectivity index (χ1v) is 8.54. The minimum absolute atomic E-state index is 0.104. The summed E-state index contributed by atoms with van der Waals surface area (Å²) in [7, 11) is 0. The van der Waals surface area contributed by atoms with Crippen molar-refractivity contribution >= 4 is 17.7 Å². The number of hydrogen-bond acceptors (Lipinski definition) is 6. The zero-order valence-corrected chi connectivity index (χ0v) is 15.3. The molecule has 6 nitrogen and oxygen atoms in total. The summed E-state index contributed by atoms with van der Waals surface area (Å²) < 4.78 is 17.0. The number of carbonyl (C=O) groups is 3. The van der Waals surface area contributed by atoms with Gasteiger partial charge in [0, 0.05) is 23.6 Å². The topological polar surface area (TPSA) is 78.9 Å². The molecule has 6 heteroatoms. The average Bonchev–Trinajstić information content (AvgIpc) is 3.03. The molecule has 3 aliphatic heterocycles. The number of rotatable bonds is 2. The van der Waals surface area contributed by atoms with Gasteiger partial charge >= 0.3 is 11.9 Å². The molecule has 0 saturated carbocycles. The zero-order valence-electron chi connectivity index (χ0n) is 15.3. The van der Waals surface area contributed by atoms with Gasteiger partial charge in [-0.1, -0.05) is 12.7 Å². The number of carbonyl (C=O) groups excluding carboxylic acids is 3. The molecule has 0 aromatic rings. The van der Waals surface area contributed by atoms with E-state index in [9.17, 15) is 14.4 Å². The second-order valence-corrected chi connectivity index (χ2v) is 7.10. The maximum Gasteiger partial charge on any atom is 0.334 e. The van der Waals surface area contributed by atoms with Crippen LogP contribution in [0.1, 0.15) is 34.1 Å². The number of ketones is 1. The van der Waals surface area contributed by atoms with E-state index in [0.717, 1.165) is 0 Å². The molecule has 0 N–H and O–H groups in total. The van der Waals surface area contributed by atoms with Crippen molar-refractivity contribution in [3.8, 4) is 0 Å². The lowest BCUT2D eigenvalue weighted by molar-refractivity contribution is -0.153. The molecule has 0 aromatic carbocycles. The molecule has 0 amide bonds. The summed E-state index contributed by atoms with van der Waals surface area (Å²) in [5, 5.41) is 0. The zero-order chi connectivity index (χ0) is 19.2. The van der Waals surface area contributed by atoms with Crippen molar-refractivity contribution < 1.29 is 28.6 Å². The van der Waals surface area contributed by atoms with Crippen LogP contribution in [-0.2, 0) is 28.6 Å². The van der Waals surface area contributed by atoms with E-state index in [1.54, 1.807) is 39.8 Å². The van der Waals surface area contributed by atoms with Crippen LogP contribution >= 0.6 is 0 Å². The van der Waals surface area contributed by atoms with Crippen LogP contribution in [-0.4, -0.2) is 35.5 Å². The van der Waals surface area contributed by atoms with Gasteiger partial charge < -0.3 is 14.2 Å². The summed E-state index contributed by atoms with van der Waals surface area (Å²) in [4.78, 5) is 36.9. The van der Waals surface area contributed by atoms with Crippen LogP contribution in [0.4, 0.5) is 0 Å². The standard InChI is InChI=1S/C20H22O6/c1-6-10(2)18(22)25-15-9-20(5)16(21)8-13(26-20)11(3)7-14-17(15)12(4)19(23)24-14/h6-8,14-15,17H,4,9H2,1-3,5H3/t14-,15+,17?,20+/m0/s1. The van der Waals surface area contributed by atoms with Gasteiger partial charge in [0.25, 0.3) is 0 Å². The Labute approximate surface area is 152 Å². The minimum atomic E-state index is -1.17. The summed E-state index contributed by atoms with van der Waals surface area (Å²) in [6.07, 6.45) is 3.50. The van der Waals surface area contributed by atoms with Crippen molar-refractivity contribution in [1.29, 1.82) is 0 Å². The van der Waals surface area contributed by atoms with Crippen LogP contribution < -0.4 is 0 Å². The van der Waals surface area contributed by atoms with Crippen LogP contribution in [0.5, 0.6) is 0 Å². The Morgan fingerprint density at radius 3 is 2.77 bits per heavy atom. The molecular formula is C20H22O6. The highest BCUT2D eigenvalue weighted by Crippen LogP contribution is 2.42. The largest absolute Gasteiger partial charge is 0.479 e. The van der Waals surface area contributed by atoms with E-state index in [0.29, 0.717) is 16.9 Å². The summed E-state index contributed by atoms with van der Waals surface area (Å²) in [5.74, 6) is -1.35. The number of ether oxygens (including phenoxy) is 3. The van der Waals surface area contributed by atoms with Crippen LogP contribution in [0.3, 0.4) is 0 Å². The van der Waals surface area contributed by atoms with Gasteiger partial charge in [-0.05, 0) is 39.3 Å². The molecule has 4 atom stereocenters. The summed E-state index contributed by atoms with van der Waals surface area (Å²) in [6, 6.07) is 0. The van der Waals surface area contributed by atoms with Crippen molar-refractivity contribution in [2.45, 2.75) is 51.9 Å². The molecule has 3 heterocycles. The molecule has 138 valence electrons. The molecule has 0 spiro atoms. The van der Waals surface area contributed by atoms with Gasteiger partial charge in [0.05, 0.1) is 5.92 Å². The van der Waals surface area contributed by atoms with Crippen molar-refractivity contribution in [3.63, 3.8) is 0 Å². The lowest BCUT2D eigenvalue weighted by Gasteiger charge is -2.31.